The van der Waals surface area contributed by atoms with Crippen molar-refractivity contribution in [3.8, 4) is 5.75 Å². The summed E-state index contributed by atoms with van der Waals surface area (Å²) >= 11 is 0. The Morgan fingerprint density at radius 3 is 2.19 bits per heavy atom. The maximum atomic E-state index is 12.7. The Hall–Kier alpha value is -3.34. The van der Waals surface area contributed by atoms with Gasteiger partial charge in [0.25, 0.3) is 0 Å². The molecule has 3 atom stereocenters. The van der Waals surface area contributed by atoms with Gasteiger partial charge in [0.15, 0.2) is 5.96 Å². The molecule has 0 aliphatic carbocycles. The number of phenols is 1. The number of phenolic OH excluding ortho intramolecular Hbond substituents is 1. The van der Waals surface area contributed by atoms with Crippen molar-refractivity contribution in [2.45, 2.75) is 51.2 Å². The van der Waals surface area contributed by atoms with Gasteiger partial charge in [0, 0.05) is 13.0 Å². The number of carboxylic acids is 1. The molecule has 0 saturated carbocycles. The highest BCUT2D eigenvalue weighted by atomic mass is 16.4. The van der Waals surface area contributed by atoms with Crippen molar-refractivity contribution >= 4 is 23.7 Å². The molecule has 31 heavy (non-hydrogen) atoms. The van der Waals surface area contributed by atoms with Gasteiger partial charge in [-0.1, -0.05) is 26.0 Å². The minimum absolute atomic E-state index is 0.0183. The number of aliphatic imine (C=N–C) groups is 1. The third-order valence-corrected chi connectivity index (χ3v) is 4.54. The van der Waals surface area contributed by atoms with Crippen LogP contribution in [0, 0.1) is 5.92 Å². The van der Waals surface area contributed by atoms with E-state index in [4.69, 9.17) is 17.2 Å². The standard InChI is InChI=1S/C20H32N6O5/c1-11(2)16(26-17(28)14(21)4-3-9-24-20(22)23)18(29)25-15(19(30)31)10-12-5-7-13(27)8-6-12/h5-8,11,14-16,27H,3-4,9-10,21H2,1-2H3,(H,25,29)(H,26,28)(H,30,31)(H4,22,23,24)/t14-,15+,16+/m1/s1. The van der Waals surface area contributed by atoms with Crippen LogP contribution in [0.2, 0.25) is 0 Å². The molecule has 1 rings (SSSR count). The van der Waals surface area contributed by atoms with E-state index in [2.05, 4.69) is 15.6 Å². The highest BCUT2D eigenvalue weighted by molar-refractivity contribution is 5.92. The molecule has 0 radical (unpaired) electrons. The number of nitrogens with zero attached hydrogens (tertiary/aromatic N) is 1. The zero-order valence-corrected chi connectivity index (χ0v) is 17.7. The van der Waals surface area contributed by atoms with E-state index < -0.39 is 35.9 Å². The lowest BCUT2D eigenvalue weighted by Gasteiger charge is -2.25. The maximum absolute atomic E-state index is 12.7. The monoisotopic (exact) mass is 436 g/mol. The second-order valence-corrected chi connectivity index (χ2v) is 7.56. The van der Waals surface area contributed by atoms with Crippen LogP contribution in [0.1, 0.15) is 32.3 Å². The first-order valence-corrected chi connectivity index (χ1v) is 9.93. The molecule has 0 saturated heterocycles. The number of hydrogen-bond donors (Lipinski definition) is 7. The quantitative estimate of drug-likeness (QED) is 0.123. The van der Waals surface area contributed by atoms with Gasteiger partial charge in [-0.2, -0.15) is 0 Å². The summed E-state index contributed by atoms with van der Waals surface area (Å²) in [7, 11) is 0. The number of carbonyl (C=O) groups is 3. The summed E-state index contributed by atoms with van der Waals surface area (Å²) in [6, 6.07) is 2.97. The number of aromatic hydroxyl groups is 1. The molecule has 10 N–H and O–H groups in total. The van der Waals surface area contributed by atoms with Crippen LogP contribution >= 0.6 is 0 Å². The van der Waals surface area contributed by atoms with Crippen LogP contribution < -0.4 is 27.8 Å². The van der Waals surface area contributed by atoms with Crippen molar-refractivity contribution in [2.75, 3.05) is 6.54 Å². The van der Waals surface area contributed by atoms with Gasteiger partial charge < -0.3 is 38.0 Å². The van der Waals surface area contributed by atoms with Crippen LogP contribution in [0.15, 0.2) is 29.3 Å². The highest BCUT2D eigenvalue weighted by Crippen LogP contribution is 2.12. The number of nitrogens with two attached hydrogens (primary N) is 3. The molecule has 1 aromatic rings. The Morgan fingerprint density at radius 2 is 1.68 bits per heavy atom. The number of nitrogens with one attached hydrogen (secondary N) is 2. The molecule has 0 aliphatic rings. The third kappa shape index (κ3) is 9.34. The molecule has 11 nitrogen and oxygen atoms in total. The Morgan fingerprint density at radius 1 is 1.06 bits per heavy atom. The number of rotatable bonds is 12. The average Bonchev–Trinajstić information content (AvgIpc) is 2.69. The molecule has 2 amide bonds. The molecular formula is C20H32N6O5. The Balaban J connectivity index is 2.73. The first-order chi connectivity index (χ1) is 14.5. The zero-order chi connectivity index (χ0) is 23.6. The van der Waals surface area contributed by atoms with Crippen LogP contribution in [0.25, 0.3) is 0 Å². The lowest BCUT2D eigenvalue weighted by molar-refractivity contribution is -0.142. The zero-order valence-electron chi connectivity index (χ0n) is 17.7. The molecule has 11 heteroatoms. The van der Waals surface area contributed by atoms with Crippen molar-refractivity contribution in [1.29, 1.82) is 0 Å². The first kappa shape index (κ1) is 25.7. The number of aliphatic carboxylic acids is 1. The lowest BCUT2D eigenvalue weighted by Crippen LogP contribution is -2.56. The smallest absolute Gasteiger partial charge is 0.326 e. The fraction of sp³-hybridized carbons (Fsp3) is 0.500. The summed E-state index contributed by atoms with van der Waals surface area (Å²) in [5, 5.41) is 23.9. The van der Waals surface area contributed by atoms with Crippen molar-refractivity contribution in [3.63, 3.8) is 0 Å². The molecule has 0 aromatic heterocycles. The van der Waals surface area contributed by atoms with Crippen LogP contribution in [-0.2, 0) is 20.8 Å². The molecule has 0 aliphatic heterocycles. The fourth-order valence-electron chi connectivity index (χ4n) is 2.78. The number of amides is 2. The molecule has 172 valence electrons. The van der Waals surface area contributed by atoms with Gasteiger partial charge in [-0.05, 0) is 36.5 Å². The van der Waals surface area contributed by atoms with Crippen molar-refractivity contribution in [3.05, 3.63) is 29.8 Å². The van der Waals surface area contributed by atoms with E-state index in [1.807, 2.05) is 0 Å². The van der Waals surface area contributed by atoms with Gasteiger partial charge >= 0.3 is 5.97 Å². The van der Waals surface area contributed by atoms with Gasteiger partial charge in [-0.25, -0.2) is 4.79 Å². The summed E-state index contributed by atoms with van der Waals surface area (Å²) < 4.78 is 0. The lowest BCUT2D eigenvalue weighted by atomic mass is 10.0. The molecule has 0 bridgehead atoms. The fourth-order valence-corrected chi connectivity index (χ4v) is 2.78. The predicted molar refractivity (Wildman–Crippen MR) is 116 cm³/mol. The normalized spacial score (nSPS) is 13.7. The molecule has 1 aromatic carbocycles. The van der Waals surface area contributed by atoms with Crippen LogP contribution in [0.4, 0.5) is 0 Å². The number of carbonyl (C=O) groups excluding carboxylic acids is 2. The SMILES string of the molecule is CC(C)[C@H](NC(=O)[C@H](N)CCCN=C(N)N)C(=O)N[C@@H](Cc1ccc(O)cc1)C(=O)O. The number of carboxylic acid groups (broad SMARTS) is 1. The van der Waals surface area contributed by atoms with Crippen molar-refractivity contribution in [1.82, 2.24) is 10.6 Å². The Kier molecular flexibility index (Phi) is 10.3. The second kappa shape index (κ2) is 12.4. The average molecular weight is 437 g/mol. The van der Waals surface area contributed by atoms with Crippen LogP contribution in [0.3, 0.4) is 0 Å². The number of hydrogen-bond acceptors (Lipinski definition) is 6. The van der Waals surface area contributed by atoms with Crippen LogP contribution in [-0.4, -0.2) is 58.6 Å². The topological polar surface area (TPSA) is 206 Å². The highest BCUT2D eigenvalue weighted by Gasteiger charge is 2.30. The van der Waals surface area contributed by atoms with E-state index in [9.17, 15) is 24.6 Å². The van der Waals surface area contributed by atoms with Gasteiger partial charge in [-0.15, -0.1) is 0 Å². The minimum atomic E-state index is -1.22. The third-order valence-electron chi connectivity index (χ3n) is 4.54. The first-order valence-electron chi connectivity index (χ1n) is 9.93. The second-order valence-electron chi connectivity index (χ2n) is 7.56. The molecule has 0 heterocycles. The number of benzene rings is 1. The maximum Gasteiger partial charge on any atom is 0.326 e. The van der Waals surface area contributed by atoms with Gasteiger partial charge in [-0.3, -0.25) is 14.6 Å². The predicted octanol–water partition coefficient (Wildman–Crippen LogP) is -0.974. The number of guanidine groups is 1. The Labute approximate surface area is 181 Å². The summed E-state index contributed by atoms with van der Waals surface area (Å²) in [5.41, 5.74) is 17.0. The summed E-state index contributed by atoms with van der Waals surface area (Å²) in [6.45, 7) is 3.78. The van der Waals surface area contributed by atoms with Crippen LogP contribution in [0.5, 0.6) is 5.75 Å². The van der Waals surface area contributed by atoms with E-state index in [0.29, 0.717) is 24.9 Å². The van der Waals surface area contributed by atoms with Crippen molar-refractivity contribution < 1.29 is 24.6 Å². The summed E-state index contributed by atoms with van der Waals surface area (Å²) in [4.78, 5) is 40.6. The van der Waals surface area contributed by atoms with Gasteiger partial charge in [0.1, 0.15) is 17.8 Å². The largest absolute Gasteiger partial charge is 0.508 e. The summed E-state index contributed by atoms with van der Waals surface area (Å²) in [5.74, 6) is -2.66. The van der Waals surface area contributed by atoms with Gasteiger partial charge in [0.05, 0.1) is 6.04 Å². The van der Waals surface area contributed by atoms with E-state index in [1.54, 1.807) is 26.0 Å². The summed E-state index contributed by atoms with van der Waals surface area (Å²) in [6.07, 6.45) is 0.816. The van der Waals surface area contributed by atoms with E-state index in [0.717, 1.165) is 0 Å². The van der Waals surface area contributed by atoms with Gasteiger partial charge in [0.2, 0.25) is 11.8 Å². The van der Waals surface area contributed by atoms with E-state index >= 15 is 0 Å². The molecule has 0 fully saturated rings. The van der Waals surface area contributed by atoms with E-state index in [1.165, 1.54) is 12.1 Å². The molecular weight excluding hydrogens is 404 g/mol. The molecule has 0 spiro atoms. The van der Waals surface area contributed by atoms with Crippen molar-refractivity contribution in [2.24, 2.45) is 28.1 Å². The minimum Gasteiger partial charge on any atom is -0.508 e. The van der Waals surface area contributed by atoms with E-state index in [-0.39, 0.29) is 24.0 Å². The molecule has 0 unspecified atom stereocenters. The Bertz CT molecular complexity index is 777.